The van der Waals surface area contributed by atoms with Gasteiger partial charge in [-0.1, -0.05) is 6.07 Å². The highest BCUT2D eigenvalue weighted by Crippen LogP contribution is 2.10. The van der Waals surface area contributed by atoms with Crippen LogP contribution in [0.4, 0.5) is 4.39 Å². The minimum absolute atomic E-state index is 0.0801. The third-order valence-electron chi connectivity index (χ3n) is 2.72. The highest BCUT2D eigenvalue weighted by molar-refractivity contribution is 5.94. The van der Waals surface area contributed by atoms with Crippen LogP contribution in [-0.2, 0) is 13.6 Å². The number of aryl methyl sites for hydroxylation is 2. The van der Waals surface area contributed by atoms with Gasteiger partial charge in [-0.3, -0.25) is 4.79 Å². The Hall–Kier alpha value is -2.10. The molecule has 2 rings (SSSR count). The Kier molecular flexibility index (Phi) is 3.46. The molecule has 0 saturated carbocycles. The Bertz CT molecular complexity index is 575. The average Bonchev–Trinajstić information content (AvgIpc) is 2.72. The Labute approximate surface area is 105 Å². The van der Waals surface area contributed by atoms with Crippen molar-refractivity contribution in [3.8, 4) is 0 Å². The smallest absolute Gasteiger partial charge is 0.254 e. The van der Waals surface area contributed by atoms with Crippen molar-refractivity contribution in [2.45, 2.75) is 13.5 Å². The molecule has 94 valence electrons. The van der Waals surface area contributed by atoms with Gasteiger partial charge in [0.05, 0.1) is 5.56 Å². The molecule has 0 atom stereocenters. The molecule has 0 fully saturated rings. The molecule has 1 N–H and O–H groups in total. The molecule has 0 aliphatic carbocycles. The minimum Gasteiger partial charge on any atom is -0.357 e. The van der Waals surface area contributed by atoms with Crippen molar-refractivity contribution in [3.05, 3.63) is 59.2 Å². The standard InChI is InChI=1S/C14H15FN2O/c1-10-3-4-12(13(15)7-10)14(18)16-8-11-5-6-17(2)9-11/h3-7,9H,8H2,1-2H3,(H,16,18). The Morgan fingerprint density at radius 1 is 1.39 bits per heavy atom. The molecule has 4 heteroatoms. The van der Waals surface area contributed by atoms with Crippen LogP contribution in [0.2, 0.25) is 0 Å². The van der Waals surface area contributed by atoms with Gasteiger partial charge < -0.3 is 9.88 Å². The zero-order chi connectivity index (χ0) is 13.1. The average molecular weight is 246 g/mol. The van der Waals surface area contributed by atoms with Crippen molar-refractivity contribution in [3.63, 3.8) is 0 Å². The summed E-state index contributed by atoms with van der Waals surface area (Å²) < 4.78 is 15.5. The van der Waals surface area contributed by atoms with E-state index in [1.807, 2.05) is 30.1 Å². The van der Waals surface area contributed by atoms with Crippen LogP contribution in [0, 0.1) is 12.7 Å². The van der Waals surface area contributed by atoms with Gasteiger partial charge in [0.1, 0.15) is 5.82 Å². The predicted molar refractivity (Wildman–Crippen MR) is 67.7 cm³/mol. The minimum atomic E-state index is -0.486. The van der Waals surface area contributed by atoms with Gasteiger partial charge >= 0.3 is 0 Å². The van der Waals surface area contributed by atoms with Crippen molar-refractivity contribution in [2.75, 3.05) is 0 Å². The number of rotatable bonds is 3. The van der Waals surface area contributed by atoms with Crippen molar-refractivity contribution in [1.29, 1.82) is 0 Å². The normalized spacial score (nSPS) is 10.4. The van der Waals surface area contributed by atoms with Gasteiger partial charge in [0.2, 0.25) is 0 Å². The lowest BCUT2D eigenvalue weighted by molar-refractivity contribution is 0.0947. The largest absolute Gasteiger partial charge is 0.357 e. The second kappa shape index (κ2) is 5.04. The van der Waals surface area contributed by atoms with Gasteiger partial charge in [0.25, 0.3) is 5.91 Å². The number of carbonyl (C=O) groups is 1. The van der Waals surface area contributed by atoms with Gasteiger partial charge in [0.15, 0.2) is 0 Å². The molecule has 18 heavy (non-hydrogen) atoms. The third kappa shape index (κ3) is 2.77. The quantitative estimate of drug-likeness (QED) is 0.886. The van der Waals surface area contributed by atoms with Crippen LogP contribution >= 0.6 is 0 Å². The lowest BCUT2D eigenvalue weighted by Crippen LogP contribution is -2.23. The van der Waals surface area contributed by atoms with Gasteiger partial charge in [-0.05, 0) is 36.2 Å². The summed E-state index contributed by atoms with van der Waals surface area (Å²) in [5, 5.41) is 2.70. The number of nitrogens with zero attached hydrogens (tertiary/aromatic N) is 1. The van der Waals surface area contributed by atoms with E-state index in [4.69, 9.17) is 0 Å². The van der Waals surface area contributed by atoms with E-state index in [0.29, 0.717) is 6.54 Å². The van der Waals surface area contributed by atoms with Crippen LogP contribution in [0.15, 0.2) is 36.7 Å². The fourth-order valence-corrected chi connectivity index (χ4v) is 1.75. The fourth-order valence-electron chi connectivity index (χ4n) is 1.75. The van der Waals surface area contributed by atoms with Crippen LogP contribution < -0.4 is 5.32 Å². The van der Waals surface area contributed by atoms with Gasteiger partial charge in [-0.25, -0.2) is 4.39 Å². The highest BCUT2D eigenvalue weighted by atomic mass is 19.1. The van der Waals surface area contributed by atoms with E-state index in [0.717, 1.165) is 11.1 Å². The molecule has 1 aromatic carbocycles. The summed E-state index contributed by atoms with van der Waals surface area (Å²) in [6, 6.07) is 6.49. The Balaban J connectivity index is 2.03. The lowest BCUT2D eigenvalue weighted by atomic mass is 10.1. The van der Waals surface area contributed by atoms with Crippen LogP contribution in [0.3, 0.4) is 0 Å². The number of amides is 1. The summed E-state index contributed by atoms with van der Waals surface area (Å²) in [5.41, 5.74) is 1.86. The summed E-state index contributed by atoms with van der Waals surface area (Å²) in [4.78, 5) is 11.8. The van der Waals surface area contributed by atoms with E-state index in [2.05, 4.69) is 5.32 Å². The summed E-state index contributed by atoms with van der Waals surface area (Å²) in [5.74, 6) is -0.878. The second-order valence-electron chi connectivity index (χ2n) is 4.35. The number of halogens is 1. The molecule has 0 spiro atoms. The van der Waals surface area contributed by atoms with Crippen LogP contribution in [-0.4, -0.2) is 10.5 Å². The molecule has 1 aromatic heterocycles. The molecular weight excluding hydrogens is 231 g/mol. The number of aromatic nitrogens is 1. The monoisotopic (exact) mass is 246 g/mol. The molecule has 0 unspecified atom stereocenters. The van der Waals surface area contributed by atoms with Crippen LogP contribution in [0.5, 0.6) is 0 Å². The van der Waals surface area contributed by atoms with E-state index in [1.54, 1.807) is 13.0 Å². The maximum atomic E-state index is 13.6. The van der Waals surface area contributed by atoms with Crippen LogP contribution in [0.1, 0.15) is 21.5 Å². The molecule has 1 amide bonds. The molecule has 0 bridgehead atoms. The van der Waals surface area contributed by atoms with E-state index < -0.39 is 11.7 Å². The Morgan fingerprint density at radius 3 is 2.78 bits per heavy atom. The number of carbonyl (C=O) groups excluding carboxylic acids is 1. The highest BCUT2D eigenvalue weighted by Gasteiger charge is 2.11. The topological polar surface area (TPSA) is 34.0 Å². The number of nitrogens with one attached hydrogen (secondary N) is 1. The molecule has 0 radical (unpaired) electrons. The first-order chi connectivity index (χ1) is 8.56. The summed E-state index contributed by atoms with van der Waals surface area (Å²) >= 11 is 0. The zero-order valence-electron chi connectivity index (χ0n) is 10.4. The molecule has 0 aliphatic rings. The summed E-state index contributed by atoms with van der Waals surface area (Å²) in [6.45, 7) is 2.18. The molecule has 1 heterocycles. The van der Waals surface area contributed by atoms with E-state index >= 15 is 0 Å². The zero-order valence-corrected chi connectivity index (χ0v) is 10.4. The molecule has 0 aliphatic heterocycles. The van der Waals surface area contributed by atoms with Gasteiger partial charge in [-0.2, -0.15) is 0 Å². The number of benzene rings is 1. The number of hydrogen-bond acceptors (Lipinski definition) is 1. The molecular formula is C14H15FN2O. The van der Waals surface area contributed by atoms with E-state index in [-0.39, 0.29) is 5.56 Å². The Morgan fingerprint density at radius 2 is 2.17 bits per heavy atom. The summed E-state index contributed by atoms with van der Waals surface area (Å²) in [7, 11) is 1.91. The number of hydrogen-bond donors (Lipinski definition) is 1. The molecule has 2 aromatic rings. The lowest BCUT2D eigenvalue weighted by Gasteiger charge is -2.05. The van der Waals surface area contributed by atoms with Crippen molar-refractivity contribution in [1.82, 2.24) is 9.88 Å². The second-order valence-corrected chi connectivity index (χ2v) is 4.35. The van der Waals surface area contributed by atoms with Crippen molar-refractivity contribution < 1.29 is 9.18 Å². The van der Waals surface area contributed by atoms with Crippen molar-refractivity contribution >= 4 is 5.91 Å². The third-order valence-corrected chi connectivity index (χ3v) is 2.72. The fraction of sp³-hybridized carbons (Fsp3) is 0.214. The molecule has 0 saturated heterocycles. The SMILES string of the molecule is Cc1ccc(C(=O)NCc2ccn(C)c2)c(F)c1. The first-order valence-corrected chi connectivity index (χ1v) is 5.71. The first kappa shape index (κ1) is 12.4. The van der Waals surface area contributed by atoms with Crippen LogP contribution in [0.25, 0.3) is 0 Å². The predicted octanol–water partition coefficient (Wildman–Crippen LogP) is 2.40. The maximum absolute atomic E-state index is 13.6. The molecule has 3 nitrogen and oxygen atoms in total. The maximum Gasteiger partial charge on any atom is 0.254 e. The van der Waals surface area contributed by atoms with E-state index in [9.17, 15) is 9.18 Å². The van der Waals surface area contributed by atoms with E-state index in [1.165, 1.54) is 12.1 Å². The van der Waals surface area contributed by atoms with Gasteiger partial charge in [-0.15, -0.1) is 0 Å². The first-order valence-electron chi connectivity index (χ1n) is 5.71. The van der Waals surface area contributed by atoms with Crippen molar-refractivity contribution in [2.24, 2.45) is 7.05 Å². The van der Waals surface area contributed by atoms with Gasteiger partial charge in [0, 0.05) is 26.0 Å². The summed E-state index contributed by atoms with van der Waals surface area (Å²) in [6.07, 6.45) is 3.81.